The Kier molecular flexibility index (Phi) is 2.34. The van der Waals surface area contributed by atoms with Gasteiger partial charge in [0.05, 0.1) is 5.69 Å². The van der Waals surface area contributed by atoms with Crippen molar-refractivity contribution in [2.45, 2.75) is 38.0 Å². The van der Waals surface area contributed by atoms with Crippen LogP contribution < -0.4 is 5.73 Å². The molecule has 0 saturated heterocycles. The monoisotopic (exact) mass is 197 g/mol. The molecule has 0 spiro atoms. The number of thioether (sulfide) groups is 1. The number of hydrogen-bond donors (Lipinski definition) is 1. The summed E-state index contributed by atoms with van der Waals surface area (Å²) in [5.41, 5.74) is 8.28. The van der Waals surface area contributed by atoms with E-state index in [2.05, 4.69) is 16.5 Å². The number of fused-ring (bicyclic) bond motifs is 1. The second-order valence-corrected chi connectivity index (χ2v) is 4.67. The summed E-state index contributed by atoms with van der Waals surface area (Å²) < 4.78 is 2.31. The number of aryl methyl sites for hydroxylation is 1. The van der Waals surface area contributed by atoms with Crippen LogP contribution in [0.15, 0.2) is 5.16 Å². The van der Waals surface area contributed by atoms with Gasteiger partial charge < -0.3 is 10.3 Å². The fourth-order valence-electron chi connectivity index (χ4n) is 1.71. The molecule has 0 amide bonds. The summed E-state index contributed by atoms with van der Waals surface area (Å²) in [5, 5.41) is 1.17. The van der Waals surface area contributed by atoms with E-state index in [4.69, 9.17) is 5.73 Å². The highest BCUT2D eigenvalue weighted by Crippen LogP contribution is 2.28. The van der Waals surface area contributed by atoms with E-state index in [-0.39, 0.29) is 6.04 Å². The minimum absolute atomic E-state index is 0.227. The summed E-state index contributed by atoms with van der Waals surface area (Å²) in [5.74, 6) is 1.16. The third kappa shape index (κ3) is 1.60. The maximum atomic E-state index is 5.80. The Morgan fingerprint density at radius 2 is 2.46 bits per heavy atom. The Labute approximate surface area is 82.7 Å². The van der Waals surface area contributed by atoms with Crippen LogP contribution in [-0.2, 0) is 13.0 Å². The minimum Gasteiger partial charge on any atom is -0.328 e. The van der Waals surface area contributed by atoms with Gasteiger partial charge in [0.25, 0.3) is 0 Å². The van der Waals surface area contributed by atoms with E-state index in [0.717, 1.165) is 24.4 Å². The largest absolute Gasteiger partial charge is 0.328 e. The molecule has 1 aromatic heterocycles. The lowest BCUT2D eigenvalue weighted by Gasteiger charge is -2.07. The Bertz CT molecular complexity index is 317. The van der Waals surface area contributed by atoms with Crippen molar-refractivity contribution in [2.75, 3.05) is 5.75 Å². The van der Waals surface area contributed by atoms with Gasteiger partial charge in [-0.2, -0.15) is 0 Å². The van der Waals surface area contributed by atoms with Crippen LogP contribution in [0.5, 0.6) is 0 Å². The SMILES string of the molecule is Cc1nc2n(c1CC(C)N)CCS2. The van der Waals surface area contributed by atoms with Crippen molar-refractivity contribution in [1.82, 2.24) is 9.55 Å². The molecule has 0 fully saturated rings. The lowest BCUT2D eigenvalue weighted by Crippen LogP contribution is -2.20. The maximum absolute atomic E-state index is 5.80. The number of nitrogens with zero attached hydrogens (tertiary/aromatic N) is 2. The van der Waals surface area contributed by atoms with Gasteiger partial charge in [-0.25, -0.2) is 4.98 Å². The summed E-state index contributed by atoms with van der Waals surface area (Å²) in [6, 6.07) is 0.227. The minimum atomic E-state index is 0.227. The van der Waals surface area contributed by atoms with E-state index in [9.17, 15) is 0 Å². The highest BCUT2D eigenvalue weighted by Gasteiger charge is 2.19. The molecule has 2 heterocycles. The van der Waals surface area contributed by atoms with Crippen molar-refractivity contribution < 1.29 is 0 Å². The van der Waals surface area contributed by atoms with E-state index in [1.54, 1.807) is 0 Å². The van der Waals surface area contributed by atoms with Crippen molar-refractivity contribution in [3.05, 3.63) is 11.4 Å². The Hall–Kier alpha value is -0.480. The summed E-state index contributed by atoms with van der Waals surface area (Å²) in [7, 11) is 0. The first-order valence-electron chi connectivity index (χ1n) is 4.63. The van der Waals surface area contributed by atoms with Gasteiger partial charge in [-0.1, -0.05) is 11.8 Å². The molecule has 1 aliphatic heterocycles. The molecule has 1 unspecified atom stereocenters. The summed E-state index contributed by atoms with van der Waals surface area (Å²) in [4.78, 5) is 4.51. The van der Waals surface area contributed by atoms with E-state index in [1.807, 2.05) is 18.7 Å². The second-order valence-electron chi connectivity index (χ2n) is 3.61. The summed E-state index contributed by atoms with van der Waals surface area (Å²) in [6.07, 6.45) is 0.944. The highest BCUT2D eigenvalue weighted by atomic mass is 32.2. The molecule has 0 aliphatic carbocycles. The van der Waals surface area contributed by atoms with Crippen LogP contribution in [0, 0.1) is 6.92 Å². The summed E-state index contributed by atoms with van der Waals surface area (Å²) >= 11 is 1.84. The molecule has 13 heavy (non-hydrogen) atoms. The van der Waals surface area contributed by atoms with Crippen LogP contribution in [-0.4, -0.2) is 21.3 Å². The molecule has 0 saturated carbocycles. The quantitative estimate of drug-likeness (QED) is 0.774. The second kappa shape index (κ2) is 3.35. The first-order valence-corrected chi connectivity index (χ1v) is 5.61. The molecule has 4 heteroatoms. The van der Waals surface area contributed by atoms with Crippen LogP contribution in [0.4, 0.5) is 0 Å². The van der Waals surface area contributed by atoms with Crippen LogP contribution in [0.25, 0.3) is 0 Å². The molecule has 0 radical (unpaired) electrons. The molecule has 2 N–H and O–H groups in total. The topological polar surface area (TPSA) is 43.8 Å². The molecular formula is C9H15N3S. The van der Waals surface area contributed by atoms with E-state index in [0.29, 0.717) is 0 Å². The Morgan fingerprint density at radius 1 is 1.69 bits per heavy atom. The molecule has 1 aromatic rings. The van der Waals surface area contributed by atoms with Gasteiger partial charge in [0, 0.05) is 30.5 Å². The van der Waals surface area contributed by atoms with Crippen LogP contribution in [0.3, 0.4) is 0 Å². The molecular weight excluding hydrogens is 182 g/mol. The smallest absolute Gasteiger partial charge is 0.168 e. The standard InChI is InChI=1S/C9H15N3S/c1-6(10)5-8-7(2)11-9-12(8)3-4-13-9/h6H,3-5,10H2,1-2H3. The van der Waals surface area contributed by atoms with E-state index in [1.165, 1.54) is 10.9 Å². The normalized spacial score (nSPS) is 17.5. The number of hydrogen-bond acceptors (Lipinski definition) is 3. The van der Waals surface area contributed by atoms with Gasteiger partial charge >= 0.3 is 0 Å². The molecule has 0 bridgehead atoms. The first-order chi connectivity index (χ1) is 6.18. The van der Waals surface area contributed by atoms with Crippen LogP contribution in [0.2, 0.25) is 0 Å². The van der Waals surface area contributed by atoms with Gasteiger partial charge in [0.1, 0.15) is 0 Å². The molecule has 72 valence electrons. The highest BCUT2D eigenvalue weighted by molar-refractivity contribution is 7.99. The lowest BCUT2D eigenvalue weighted by molar-refractivity contribution is 0.632. The zero-order chi connectivity index (χ0) is 9.42. The molecule has 3 nitrogen and oxygen atoms in total. The van der Waals surface area contributed by atoms with E-state index < -0.39 is 0 Å². The average molecular weight is 197 g/mol. The predicted octanol–water partition coefficient (Wildman–Crippen LogP) is 1.19. The Balaban J connectivity index is 2.33. The van der Waals surface area contributed by atoms with Crippen molar-refractivity contribution in [1.29, 1.82) is 0 Å². The van der Waals surface area contributed by atoms with Gasteiger partial charge in [0.15, 0.2) is 5.16 Å². The van der Waals surface area contributed by atoms with Gasteiger partial charge in [-0.05, 0) is 13.8 Å². The average Bonchev–Trinajstić information content (AvgIpc) is 2.55. The molecule has 1 atom stereocenters. The Morgan fingerprint density at radius 3 is 3.15 bits per heavy atom. The number of nitrogens with two attached hydrogens (primary N) is 1. The van der Waals surface area contributed by atoms with Gasteiger partial charge in [0.2, 0.25) is 0 Å². The summed E-state index contributed by atoms with van der Waals surface area (Å²) in [6.45, 7) is 5.22. The maximum Gasteiger partial charge on any atom is 0.168 e. The van der Waals surface area contributed by atoms with Gasteiger partial charge in [-0.3, -0.25) is 0 Å². The molecule has 0 aromatic carbocycles. The predicted molar refractivity (Wildman–Crippen MR) is 55.0 cm³/mol. The van der Waals surface area contributed by atoms with Crippen LogP contribution in [0.1, 0.15) is 18.3 Å². The fraction of sp³-hybridized carbons (Fsp3) is 0.667. The number of imidazole rings is 1. The van der Waals surface area contributed by atoms with Crippen molar-refractivity contribution in [3.8, 4) is 0 Å². The molecule has 2 rings (SSSR count). The fourth-order valence-corrected chi connectivity index (χ4v) is 2.73. The first kappa shape index (κ1) is 9.09. The zero-order valence-corrected chi connectivity index (χ0v) is 8.90. The van der Waals surface area contributed by atoms with Crippen molar-refractivity contribution in [2.24, 2.45) is 5.73 Å². The van der Waals surface area contributed by atoms with Gasteiger partial charge in [-0.15, -0.1) is 0 Å². The van der Waals surface area contributed by atoms with E-state index >= 15 is 0 Å². The third-order valence-electron chi connectivity index (χ3n) is 2.30. The molecule has 1 aliphatic rings. The third-order valence-corrected chi connectivity index (χ3v) is 3.26. The van der Waals surface area contributed by atoms with Crippen molar-refractivity contribution in [3.63, 3.8) is 0 Å². The number of rotatable bonds is 2. The zero-order valence-electron chi connectivity index (χ0n) is 8.08. The van der Waals surface area contributed by atoms with Crippen molar-refractivity contribution >= 4 is 11.8 Å². The van der Waals surface area contributed by atoms with Crippen LogP contribution >= 0.6 is 11.8 Å². The number of aromatic nitrogens is 2. The lowest BCUT2D eigenvalue weighted by atomic mass is 10.1.